The first-order valence-corrected chi connectivity index (χ1v) is 9.22. The highest BCUT2D eigenvalue weighted by molar-refractivity contribution is 7.88. The van der Waals surface area contributed by atoms with Crippen LogP contribution in [0.1, 0.15) is 18.0 Å². The first kappa shape index (κ1) is 17.5. The minimum Gasteiger partial charge on any atom is -0.480 e. The van der Waals surface area contributed by atoms with Crippen LogP contribution >= 0.6 is 23.2 Å². The van der Waals surface area contributed by atoms with Crippen LogP contribution in [-0.4, -0.2) is 49.8 Å². The molecule has 0 aliphatic carbocycles. The molecule has 0 bridgehead atoms. The van der Waals surface area contributed by atoms with Crippen LogP contribution in [0.15, 0.2) is 18.2 Å². The van der Waals surface area contributed by atoms with Gasteiger partial charge in [-0.1, -0.05) is 35.3 Å². The lowest BCUT2D eigenvalue weighted by Gasteiger charge is -2.25. The van der Waals surface area contributed by atoms with Crippen LogP contribution in [0.4, 0.5) is 0 Å². The highest BCUT2D eigenvalue weighted by Gasteiger charge is 2.35. The number of hydrogen-bond acceptors (Lipinski definition) is 4. The Hall–Kier alpha value is -0.860. The van der Waals surface area contributed by atoms with E-state index < -0.39 is 22.0 Å². The van der Waals surface area contributed by atoms with Crippen molar-refractivity contribution in [3.05, 3.63) is 33.8 Å². The van der Waals surface area contributed by atoms with Crippen molar-refractivity contribution < 1.29 is 18.3 Å². The highest BCUT2D eigenvalue weighted by Crippen LogP contribution is 2.34. The van der Waals surface area contributed by atoms with E-state index in [-0.39, 0.29) is 16.1 Å². The summed E-state index contributed by atoms with van der Waals surface area (Å²) >= 11 is 12.1. The number of halogens is 2. The first-order valence-electron chi connectivity index (χ1n) is 6.57. The van der Waals surface area contributed by atoms with Gasteiger partial charge in [-0.2, -0.15) is 0 Å². The zero-order valence-electron chi connectivity index (χ0n) is 11.8. The van der Waals surface area contributed by atoms with Crippen LogP contribution in [0.5, 0.6) is 0 Å². The van der Waals surface area contributed by atoms with Gasteiger partial charge in [-0.15, -0.1) is 0 Å². The molecule has 22 heavy (non-hydrogen) atoms. The van der Waals surface area contributed by atoms with Gasteiger partial charge < -0.3 is 5.11 Å². The summed E-state index contributed by atoms with van der Waals surface area (Å²) in [5.74, 6) is -1.05. The molecule has 2 unspecified atom stereocenters. The average Bonchev–Trinajstić information content (AvgIpc) is 2.80. The summed E-state index contributed by atoms with van der Waals surface area (Å²) in [6.07, 6.45) is 1.62. The lowest BCUT2D eigenvalue weighted by molar-refractivity contribution is -0.143. The number of sulfonamides is 1. The molecule has 1 aliphatic rings. The van der Waals surface area contributed by atoms with Crippen molar-refractivity contribution >= 4 is 39.2 Å². The number of aliphatic carboxylic acids is 1. The van der Waals surface area contributed by atoms with Gasteiger partial charge in [-0.25, -0.2) is 13.1 Å². The molecule has 1 aromatic carbocycles. The van der Waals surface area contributed by atoms with Gasteiger partial charge in [-0.05, 0) is 12.5 Å². The smallest absolute Gasteiger partial charge is 0.325 e. The Balaban J connectivity index is 2.24. The Bertz CT molecular complexity index is 681. The summed E-state index contributed by atoms with van der Waals surface area (Å²) in [7, 11) is -3.33. The van der Waals surface area contributed by atoms with Gasteiger partial charge in [0.2, 0.25) is 10.0 Å². The monoisotopic (exact) mass is 366 g/mol. The van der Waals surface area contributed by atoms with Gasteiger partial charge in [0, 0.05) is 24.7 Å². The van der Waals surface area contributed by atoms with Crippen LogP contribution in [0, 0.1) is 0 Å². The second-order valence-corrected chi connectivity index (χ2v) is 7.82. The number of benzene rings is 1. The standard InChI is InChI=1S/C13H16Cl2N2O4S/c1-22(20,21)16-8-5-6-17(7-8)12(13(18)19)9-3-2-4-10(14)11(9)15/h2-4,8,12,16H,5-7H2,1H3,(H,18,19). The van der Waals surface area contributed by atoms with Crippen molar-refractivity contribution in [1.82, 2.24) is 9.62 Å². The molecule has 0 radical (unpaired) electrons. The lowest BCUT2D eigenvalue weighted by atomic mass is 10.1. The van der Waals surface area contributed by atoms with E-state index in [1.165, 1.54) is 0 Å². The molecule has 0 saturated carbocycles. The molecule has 1 saturated heterocycles. The molecule has 1 fully saturated rings. The summed E-state index contributed by atoms with van der Waals surface area (Å²) in [5, 5.41) is 10.0. The third kappa shape index (κ3) is 4.11. The van der Waals surface area contributed by atoms with Crippen LogP contribution in [0.3, 0.4) is 0 Å². The number of rotatable bonds is 5. The zero-order chi connectivity index (χ0) is 16.5. The molecular weight excluding hydrogens is 351 g/mol. The summed E-state index contributed by atoms with van der Waals surface area (Å²) in [6.45, 7) is 0.750. The molecule has 122 valence electrons. The van der Waals surface area contributed by atoms with Crippen LogP contribution in [0.25, 0.3) is 0 Å². The summed E-state index contributed by atoms with van der Waals surface area (Å²) in [6, 6.07) is 3.57. The maximum absolute atomic E-state index is 11.7. The fraction of sp³-hybridized carbons (Fsp3) is 0.462. The molecule has 2 atom stereocenters. The summed E-state index contributed by atoms with van der Waals surface area (Å²) in [5.41, 5.74) is 0.404. The second kappa shape index (κ2) is 6.72. The molecule has 6 nitrogen and oxygen atoms in total. The van der Waals surface area contributed by atoms with E-state index in [9.17, 15) is 18.3 Å². The van der Waals surface area contributed by atoms with Gasteiger partial charge in [0.25, 0.3) is 0 Å². The molecule has 9 heteroatoms. The molecular formula is C13H16Cl2N2O4S. The first-order chi connectivity index (χ1) is 10.2. The molecule has 0 spiro atoms. The second-order valence-electron chi connectivity index (χ2n) is 5.25. The Morgan fingerprint density at radius 3 is 2.73 bits per heavy atom. The van der Waals surface area contributed by atoms with Gasteiger partial charge in [0.05, 0.1) is 16.3 Å². The maximum Gasteiger partial charge on any atom is 0.325 e. The molecule has 0 amide bonds. The van der Waals surface area contributed by atoms with Gasteiger partial charge in [-0.3, -0.25) is 9.69 Å². The van der Waals surface area contributed by atoms with Gasteiger partial charge in [0.15, 0.2) is 0 Å². The number of carboxylic acid groups (broad SMARTS) is 1. The molecule has 1 heterocycles. The number of likely N-dealkylation sites (tertiary alicyclic amines) is 1. The number of hydrogen-bond donors (Lipinski definition) is 2. The van der Waals surface area contributed by atoms with Crippen molar-refractivity contribution in [2.45, 2.75) is 18.5 Å². The minimum absolute atomic E-state index is 0.205. The van der Waals surface area contributed by atoms with E-state index in [1.807, 2.05) is 0 Å². The van der Waals surface area contributed by atoms with Crippen molar-refractivity contribution in [3.8, 4) is 0 Å². The fourth-order valence-electron chi connectivity index (χ4n) is 2.64. The lowest BCUT2D eigenvalue weighted by Crippen LogP contribution is -2.38. The van der Waals surface area contributed by atoms with Crippen molar-refractivity contribution in [2.24, 2.45) is 0 Å². The van der Waals surface area contributed by atoms with Gasteiger partial charge >= 0.3 is 5.97 Å². The van der Waals surface area contributed by atoms with E-state index >= 15 is 0 Å². The topological polar surface area (TPSA) is 86.7 Å². The Morgan fingerprint density at radius 1 is 1.45 bits per heavy atom. The quantitative estimate of drug-likeness (QED) is 0.828. The fourth-order valence-corrected chi connectivity index (χ4v) is 3.85. The minimum atomic E-state index is -3.33. The number of nitrogens with one attached hydrogen (secondary N) is 1. The SMILES string of the molecule is CS(=O)(=O)NC1CCN(C(C(=O)O)c2cccc(Cl)c2Cl)C1. The molecule has 1 aliphatic heterocycles. The Kier molecular flexibility index (Phi) is 5.34. The van der Waals surface area contributed by atoms with E-state index in [4.69, 9.17) is 23.2 Å². The van der Waals surface area contributed by atoms with E-state index in [0.717, 1.165) is 6.26 Å². The predicted octanol–water partition coefficient (Wildman–Crippen LogP) is 1.74. The normalized spacial score (nSPS) is 21.0. The summed E-state index contributed by atoms with van der Waals surface area (Å²) < 4.78 is 25.1. The third-order valence-electron chi connectivity index (χ3n) is 3.48. The van der Waals surface area contributed by atoms with E-state index in [0.29, 0.717) is 25.1 Å². The van der Waals surface area contributed by atoms with Crippen molar-refractivity contribution in [1.29, 1.82) is 0 Å². The molecule has 1 aromatic rings. The summed E-state index contributed by atoms with van der Waals surface area (Å²) in [4.78, 5) is 13.3. The van der Waals surface area contributed by atoms with E-state index in [2.05, 4.69) is 4.72 Å². The number of nitrogens with zero attached hydrogens (tertiary/aromatic N) is 1. The third-order valence-corrected chi connectivity index (χ3v) is 5.07. The Labute approximate surface area is 139 Å². The van der Waals surface area contributed by atoms with E-state index in [1.54, 1.807) is 23.1 Å². The van der Waals surface area contributed by atoms with Gasteiger partial charge in [0.1, 0.15) is 6.04 Å². The molecule has 2 rings (SSSR count). The van der Waals surface area contributed by atoms with Crippen LogP contribution in [0.2, 0.25) is 10.0 Å². The van der Waals surface area contributed by atoms with Crippen molar-refractivity contribution in [3.63, 3.8) is 0 Å². The van der Waals surface area contributed by atoms with Crippen LogP contribution in [-0.2, 0) is 14.8 Å². The average molecular weight is 367 g/mol. The zero-order valence-corrected chi connectivity index (χ0v) is 14.1. The largest absolute Gasteiger partial charge is 0.480 e. The number of carboxylic acids is 1. The van der Waals surface area contributed by atoms with Crippen molar-refractivity contribution in [2.75, 3.05) is 19.3 Å². The Morgan fingerprint density at radius 2 is 2.14 bits per heavy atom. The molecule has 0 aromatic heterocycles. The highest BCUT2D eigenvalue weighted by atomic mass is 35.5. The predicted molar refractivity (Wildman–Crippen MR) is 84.8 cm³/mol. The van der Waals surface area contributed by atoms with Crippen LogP contribution < -0.4 is 4.72 Å². The maximum atomic E-state index is 11.7. The number of carbonyl (C=O) groups is 1. The molecule has 2 N–H and O–H groups in total.